The first-order valence-electron chi connectivity index (χ1n) is 3.67. The van der Waals surface area contributed by atoms with Crippen molar-refractivity contribution in [3.63, 3.8) is 0 Å². The van der Waals surface area contributed by atoms with E-state index >= 15 is 0 Å². The van der Waals surface area contributed by atoms with Crippen LogP contribution in [-0.4, -0.2) is 7.11 Å². The summed E-state index contributed by atoms with van der Waals surface area (Å²) in [5, 5.41) is 9.17. The summed E-state index contributed by atoms with van der Waals surface area (Å²) in [6, 6.07) is 6.23. The SMILES string of the molecule is COc1ccc(Cl)cc1C(N)C#N. The van der Waals surface area contributed by atoms with E-state index in [1.54, 1.807) is 18.2 Å². The fourth-order valence-corrected chi connectivity index (χ4v) is 1.20. The molecule has 0 aliphatic rings. The van der Waals surface area contributed by atoms with Gasteiger partial charge in [0.1, 0.15) is 11.8 Å². The summed E-state index contributed by atoms with van der Waals surface area (Å²) in [4.78, 5) is 0. The molecule has 1 aromatic carbocycles. The molecule has 0 radical (unpaired) electrons. The summed E-state index contributed by atoms with van der Waals surface area (Å²) in [6.07, 6.45) is 0. The van der Waals surface area contributed by atoms with Crippen LogP contribution in [0.1, 0.15) is 11.6 Å². The van der Waals surface area contributed by atoms with Crippen molar-refractivity contribution in [1.82, 2.24) is 0 Å². The molecule has 0 bridgehead atoms. The number of nitriles is 1. The summed E-state index contributed by atoms with van der Waals surface area (Å²) in [5.41, 5.74) is 6.15. The van der Waals surface area contributed by atoms with Crippen molar-refractivity contribution in [2.45, 2.75) is 6.04 Å². The van der Waals surface area contributed by atoms with Crippen LogP contribution in [0, 0.1) is 11.3 Å². The van der Waals surface area contributed by atoms with Crippen molar-refractivity contribution in [3.05, 3.63) is 28.8 Å². The first-order valence-corrected chi connectivity index (χ1v) is 4.05. The third kappa shape index (κ3) is 2.11. The van der Waals surface area contributed by atoms with Gasteiger partial charge >= 0.3 is 0 Å². The maximum atomic E-state index is 8.63. The molecule has 0 spiro atoms. The molecular formula is C9H9ClN2O. The quantitative estimate of drug-likeness (QED) is 0.786. The van der Waals surface area contributed by atoms with Crippen molar-refractivity contribution in [3.8, 4) is 11.8 Å². The Morgan fingerprint density at radius 3 is 2.85 bits per heavy atom. The van der Waals surface area contributed by atoms with Crippen LogP contribution < -0.4 is 10.5 Å². The Morgan fingerprint density at radius 1 is 1.62 bits per heavy atom. The van der Waals surface area contributed by atoms with E-state index < -0.39 is 6.04 Å². The van der Waals surface area contributed by atoms with E-state index in [0.717, 1.165) is 0 Å². The number of nitrogens with zero attached hydrogens (tertiary/aromatic N) is 1. The number of ether oxygens (including phenoxy) is 1. The normalized spacial score (nSPS) is 11.8. The molecule has 1 aromatic rings. The summed E-state index contributed by atoms with van der Waals surface area (Å²) in [6.45, 7) is 0. The highest BCUT2D eigenvalue weighted by molar-refractivity contribution is 6.30. The topological polar surface area (TPSA) is 59.0 Å². The number of hydrogen-bond donors (Lipinski definition) is 1. The fraction of sp³-hybridized carbons (Fsp3) is 0.222. The van der Waals surface area contributed by atoms with E-state index in [1.807, 2.05) is 6.07 Å². The number of rotatable bonds is 2. The van der Waals surface area contributed by atoms with Crippen molar-refractivity contribution in [1.29, 1.82) is 5.26 Å². The van der Waals surface area contributed by atoms with E-state index in [9.17, 15) is 0 Å². The molecule has 0 heterocycles. The molecule has 3 nitrogen and oxygen atoms in total. The maximum Gasteiger partial charge on any atom is 0.124 e. The zero-order chi connectivity index (χ0) is 9.84. The number of benzene rings is 1. The van der Waals surface area contributed by atoms with Crippen LogP contribution in [0.3, 0.4) is 0 Å². The smallest absolute Gasteiger partial charge is 0.124 e. The van der Waals surface area contributed by atoms with Crippen LogP contribution in [-0.2, 0) is 0 Å². The number of halogens is 1. The molecular weight excluding hydrogens is 188 g/mol. The van der Waals surface area contributed by atoms with Gasteiger partial charge in [-0.2, -0.15) is 5.26 Å². The van der Waals surface area contributed by atoms with E-state index in [-0.39, 0.29) is 0 Å². The molecule has 13 heavy (non-hydrogen) atoms. The maximum absolute atomic E-state index is 8.63. The average Bonchev–Trinajstić information content (AvgIpc) is 2.16. The Labute approximate surface area is 81.7 Å². The van der Waals surface area contributed by atoms with E-state index in [4.69, 9.17) is 27.3 Å². The predicted molar refractivity (Wildman–Crippen MR) is 50.5 cm³/mol. The van der Waals surface area contributed by atoms with Gasteiger partial charge in [-0.25, -0.2) is 0 Å². The summed E-state index contributed by atoms with van der Waals surface area (Å²) < 4.78 is 5.03. The lowest BCUT2D eigenvalue weighted by Crippen LogP contribution is -2.08. The van der Waals surface area contributed by atoms with Gasteiger partial charge in [0.2, 0.25) is 0 Å². The minimum Gasteiger partial charge on any atom is -0.496 e. The Balaban J connectivity index is 3.17. The van der Waals surface area contributed by atoms with Crippen molar-refractivity contribution in [2.24, 2.45) is 5.73 Å². The van der Waals surface area contributed by atoms with Crippen molar-refractivity contribution >= 4 is 11.6 Å². The first-order chi connectivity index (χ1) is 6.19. The number of hydrogen-bond acceptors (Lipinski definition) is 3. The predicted octanol–water partition coefficient (Wildman–Crippen LogP) is 1.87. The Hall–Kier alpha value is -1.24. The molecule has 1 rings (SSSR count). The molecule has 2 N–H and O–H groups in total. The Kier molecular flexibility index (Phi) is 3.13. The van der Waals surface area contributed by atoms with Crippen molar-refractivity contribution in [2.75, 3.05) is 7.11 Å². The van der Waals surface area contributed by atoms with Crippen molar-refractivity contribution < 1.29 is 4.74 Å². The lowest BCUT2D eigenvalue weighted by atomic mass is 10.1. The molecule has 0 amide bonds. The van der Waals surface area contributed by atoms with Gasteiger partial charge in [0.15, 0.2) is 0 Å². The third-order valence-electron chi connectivity index (χ3n) is 1.67. The highest BCUT2D eigenvalue weighted by atomic mass is 35.5. The second-order valence-electron chi connectivity index (χ2n) is 2.49. The van der Waals surface area contributed by atoms with E-state index in [1.165, 1.54) is 7.11 Å². The van der Waals surface area contributed by atoms with E-state index in [2.05, 4.69) is 0 Å². The Bertz CT molecular complexity index is 346. The molecule has 0 aliphatic heterocycles. The fourth-order valence-electron chi connectivity index (χ4n) is 1.02. The average molecular weight is 197 g/mol. The summed E-state index contributed by atoms with van der Waals surface area (Å²) in [7, 11) is 1.52. The highest BCUT2D eigenvalue weighted by Gasteiger charge is 2.10. The second kappa shape index (κ2) is 4.13. The van der Waals surface area contributed by atoms with Gasteiger partial charge in [0, 0.05) is 10.6 Å². The molecule has 0 fully saturated rings. The van der Waals surface area contributed by atoms with Crippen LogP contribution in [0.25, 0.3) is 0 Å². The van der Waals surface area contributed by atoms with Gasteiger partial charge in [-0.15, -0.1) is 0 Å². The molecule has 1 atom stereocenters. The van der Waals surface area contributed by atoms with Crippen LogP contribution in [0.4, 0.5) is 0 Å². The summed E-state index contributed by atoms with van der Waals surface area (Å²) in [5.74, 6) is 0.582. The van der Waals surface area contributed by atoms with Gasteiger partial charge in [-0.3, -0.25) is 0 Å². The van der Waals surface area contributed by atoms with Crippen LogP contribution in [0.5, 0.6) is 5.75 Å². The van der Waals surface area contributed by atoms with Gasteiger partial charge in [0.25, 0.3) is 0 Å². The van der Waals surface area contributed by atoms with Gasteiger partial charge in [-0.1, -0.05) is 11.6 Å². The second-order valence-corrected chi connectivity index (χ2v) is 2.93. The Morgan fingerprint density at radius 2 is 2.31 bits per heavy atom. The molecule has 68 valence electrons. The molecule has 0 aromatic heterocycles. The zero-order valence-electron chi connectivity index (χ0n) is 7.12. The molecule has 4 heteroatoms. The molecule has 0 saturated heterocycles. The van der Waals surface area contributed by atoms with Gasteiger partial charge in [0.05, 0.1) is 13.2 Å². The van der Waals surface area contributed by atoms with E-state index in [0.29, 0.717) is 16.3 Å². The largest absolute Gasteiger partial charge is 0.496 e. The minimum absolute atomic E-state index is 0.543. The van der Waals surface area contributed by atoms with Gasteiger partial charge < -0.3 is 10.5 Å². The van der Waals surface area contributed by atoms with Gasteiger partial charge in [-0.05, 0) is 18.2 Å². The standard InChI is InChI=1S/C9H9ClN2O/c1-13-9-3-2-6(10)4-7(9)8(12)5-11/h2-4,8H,12H2,1H3. The van der Waals surface area contributed by atoms with Crippen LogP contribution in [0.2, 0.25) is 5.02 Å². The molecule has 1 unspecified atom stereocenters. The minimum atomic E-state index is -0.700. The molecule has 0 aliphatic carbocycles. The van der Waals surface area contributed by atoms with Crippen LogP contribution >= 0.6 is 11.6 Å². The number of methoxy groups -OCH3 is 1. The lowest BCUT2D eigenvalue weighted by molar-refractivity contribution is 0.408. The zero-order valence-corrected chi connectivity index (χ0v) is 7.88. The molecule has 0 saturated carbocycles. The monoisotopic (exact) mass is 196 g/mol. The lowest BCUT2D eigenvalue weighted by Gasteiger charge is -2.09. The third-order valence-corrected chi connectivity index (χ3v) is 1.90. The number of nitrogens with two attached hydrogens (primary N) is 1. The summed E-state index contributed by atoms with van der Waals surface area (Å²) >= 11 is 5.75. The highest BCUT2D eigenvalue weighted by Crippen LogP contribution is 2.26. The first kappa shape index (κ1) is 9.85. The van der Waals surface area contributed by atoms with Crippen LogP contribution in [0.15, 0.2) is 18.2 Å².